The summed E-state index contributed by atoms with van der Waals surface area (Å²) in [5, 5.41) is 9.49. The van der Waals surface area contributed by atoms with Crippen LogP contribution in [0.15, 0.2) is 46.9 Å². The predicted octanol–water partition coefficient (Wildman–Crippen LogP) is 3.96. The Kier molecular flexibility index (Phi) is 4.39. The van der Waals surface area contributed by atoms with E-state index in [2.05, 4.69) is 15.9 Å². The van der Waals surface area contributed by atoms with Gasteiger partial charge in [-0.3, -0.25) is 4.79 Å². The number of benzene rings is 2. The Bertz CT molecular complexity index is 646. The number of hydrogen-bond donors (Lipinski definition) is 1. The molecule has 2 aromatic carbocycles. The molecule has 0 fully saturated rings. The number of halogens is 2. The number of hydrogen-bond acceptors (Lipinski definition) is 2. The third-order valence-electron chi connectivity index (χ3n) is 2.88. The van der Waals surface area contributed by atoms with Gasteiger partial charge in [0.15, 0.2) is 0 Å². The van der Waals surface area contributed by atoms with Crippen LogP contribution < -0.4 is 4.90 Å². The molecule has 0 bridgehead atoms. The molecule has 0 unspecified atom stereocenters. The molecule has 0 aliphatic carbocycles. The SMILES string of the molecule is CCN(C(=O)c1cccc(Br)c1F)c1cccc(O)c1. The molecule has 0 aliphatic heterocycles. The van der Waals surface area contributed by atoms with Crippen LogP contribution in [0, 0.1) is 5.82 Å². The summed E-state index contributed by atoms with van der Waals surface area (Å²) in [5.74, 6) is -0.975. The fourth-order valence-corrected chi connectivity index (χ4v) is 2.28. The first-order valence-corrected chi connectivity index (χ1v) is 6.88. The summed E-state index contributed by atoms with van der Waals surface area (Å²) in [6.07, 6.45) is 0. The first-order valence-electron chi connectivity index (χ1n) is 6.09. The highest BCUT2D eigenvalue weighted by Gasteiger charge is 2.20. The summed E-state index contributed by atoms with van der Waals surface area (Å²) in [5.41, 5.74) is 0.515. The van der Waals surface area contributed by atoms with Crippen molar-refractivity contribution in [2.24, 2.45) is 0 Å². The van der Waals surface area contributed by atoms with Crippen LogP contribution in [-0.2, 0) is 0 Å². The number of rotatable bonds is 3. The number of nitrogens with zero attached hydrogens (tertiary/aromatic N) is 1. The minimum Gasteiger partial charge on any atom is -0.508 e. The smallest absolute Gasteiger partial charge is 0.261 e. The molecule has 3 nitrogen and oxygen atoms in total. The van der Waals surface area contributed by atoms with Crippen LogP contribution in [0.4, 0.5) is 10.1 Å². The zero-order valence-corrected chi connectivity index (χ0v) is 12.4. The third kappa shape index (κ3) is 2.82. The summed E-state index contributed by atoms with van der Waals surface area (Å²) < 4.78 is 14.2. The molecule has 104 valence electrons. The molecule has 20 heavy (non-hydrogen) atoms. The molecule has 0 saturated carbocycles. The number of carbonyl (C=O) groups is 1. The van der Waals surface area contributed by atoms with E-state index in [9.17, 15) is 14.3 Å². The van der Waals surface area contributed by atoms with Crippen LogP contribution in [0.2, 0.25) is 0 Å². The lowest BCUT2D eigenvalue weighted by molar-refractivity contribution is 0.0984. The Morgan fingerprint density at radius 1 is 1.30 bits per heavy atom. The zero-order valence-electron chi connectivity index (χ0n) is 10.8. The lowest BCUT2D eigenvalue weighted by Gasteiger charge is -2.21. The minimum atomic E-state index is -0.587. The molecule has 0 radical (unpaired) electrons. The Hall–Kier alpha value is -1.88. The van der Waals surface area contributed by atoms with E-state index < -0.39 is 11.7 Å². The van der Waals surface area contributed by atoms with Crippen molar-refractivity contribution < 1.29 is 14.3 Å². The molecule has 2 aromatic rings. The van der Waals surface area contributed by atoms with Gasteiger partial charge in [0.2, 0.25) is 0 Å². The molecule has 0 aromatic heterocycles. The van der Waals surface area contributed by atoms with E-state index in [-0.39, 0.29) is 15.8 Å². The lowest BCUT2D eigenvalue weighted by atomic mass is 10.1. The maximum Gasteiger partial charge on any atom is 0.261 e. The van der Waals surface area contributed by atoms with Crippen molar-refractivity contribution in [1.82, 2.24) is 0 Å². The van der Waals surface area contributed by atoms with Crippen molar-refractivity contribution in [1.29, 1.82) is 0 Å². The molecule has 0 atom stereocenters. The zero-order chi connectivity index (χ0) is 14.7. The van der Waals surface area contributed by atoms with Crippen LogP contribution in [0.1, 0.15) is 17.3 Å². The van der Waals surface area contributed by atoms with E-state index in [1.807, 2.05) is 0 Å². The highest BCUT2D eigenvalue weighted by Crippen LogP contribution is 2.24. The highest BCUT2D eigenvalue weighted by atomic mass is 79.9. The molecule has 1 N–H and O–H groups in total. The molecule has 5 heteroatoms. The van der Waals surface area contributed by atoms with Gasteiger partial charge in [-0.05, 0) is 47.1 Å². The second kappa shape index (κ2) is 6.05. The average molecular weight is 338 g/mol. The van der Waals surface area contributed by atoms with E-state index in [4.69, 9.17) is 0 Å². The van der Waals surface area contributed by atoms with E-state index in [1.54, 1.807) is 25.1 Å². The van der Waals surface area contributed by atoms with Crippen molar-refractivity contribution in [3.05, 3.63) is 58.3 Å². The largest absolute Gasteiger partial charge is 0.508 e. The third-order valence-corrected chi connectivity index (χ3v) is 3.50. The van der Waals surface area contributed by atoms with Crippen molar-refractivity contribution in [3.8, 4) is 5.75 Å². The lowest BCUT2D eigenvalue weighted by Crippen LogP contribution is -2.31. The van der Waals surface area contributed by atoms with E-state index >= 15 is 0 Å². The molecule has 1 amide bonds. The van der Waals surface area contributed by atoms with Gasteiger partial charge in [-0.25, -0.2) is 4.39 Å². The summed E-state index contributed by atoms with van der Waals surface area (Å²) in [7, 11) is 0. The van der Waals surface area contributed by atoms with E-state index in [0.29, 0.717) is 12.2 Å². The predicted molar refractivity (Wildman–Crippen MR) is 79.6 cm³/mol. The Morgan fingerprint density at radius 3 is 2.65 bits per heavy atom. The van der Waals surface area contributed by atoms with Crippen LogP contribution in [0.3, 0.4) is 0 Å². The molecule has 0 aliphatic rings. The minimum absolute atomic E-state index is 0.00966. The number of phenols is 1. The number of anilines is 1. The van der Waals surface area contributed by atoms with Crippen molar-refractivity contribution >= 4 is 27.5 Å². The fourth-order valence-electron chi connectivity index (χ4n) is 1.92. The average Bonchev–Trinajstić information content (AvgIpc) is 2.42. The molecule has 0 saturated heterocycles. The topological polar surface area (TPSA) is 40.5 Å². The number of carbonyl (C=O) groups excluding carboxylic acids is 1. The van der Waals surface area contributed by atoms with Gasteiger partial charge in [0.1, 0.15) is 11.6 Å². The molecule has 2 rings (SSSR count). The fraction of sp³-hybridized carbons (Fsp3) is 0.133. The van der Waals surface area contributed by atoms with Gasteiger partial charge in [-0.2, -0.15) is 0 Å². The second-order valence-corrected chi connectivity index (χ2v) is 5.02. The van der Waals surface area contributed by atoms with Gasteiger partial charge in [0.25, 0.3) is 5.91 Å². The highest BCUT2D eigenvalue weighted by molar-refractivity contribution is 9.10. The molecular weight excluding hydrogens is 325 g/mol. The van der Waals surface area contributed by atoms with Crippen LogP contribution in [0.25, 0.3) is 0 Å². The van der Waals surface area contributed by atoms with Gasteiger partial charge in [0, 0.05) is 18.3 Å². The van der Waals surface area contributed by atoms with Crippen molar-refractivity contribution in [2.75, 3.05) is 11.4 Å². The first-order chi connectivity index (χ1) is 9.54. The number of phenolic OH excluding ortho intramolecular Hbond substituents is 1. The van der Waals surface area contributed by atoms with Gasteiger partial charge in [0.05, 0.1) is 10.0 Å². The first kappa shape index (κ1) is 14.5. The maximum absolute atomic E-state index is 14.0. The van der Waals surface area contributed by atoms with Crippen molar-refractivity contribution in [3.63, 3.8) is 0 Å². The molecule has 0 spiro atoms. The number of aromatic hydroxyl groups is 1. The quantitative estimate of drug-likeness (QED) is 0.920. The van der Waals surface area contributed by atoms with Crippen LogP contribution in [-0.4, -0.2) is 17.6 Å². The molecule has 0 heterocycles. The van der Waals surface area contributed by atoms with Gasteiger partial charge in [-0.15, -0.1) is 0 Å². The van der Waals surface area contributed by atoms with E-state index in [1.165, 1.54) is 29.2 Å². The summed E-state index contributed by atoms with van der Waals surface area (Å²) in [6.45, 7) is 2.16. The summed E-state index contributed by atoms with van der Waals surface area (Å²) in [6, 6.07) is 10.9. The molecular formula is C15H13BrFNO2. The van der Waals surface area contributed by atoms with Crippen LogP contribution >= 0.6 is 15.9 Å². The Labute approximate surface area is 124 Å². The van der Waals surface area contributed by atoms with Gasteiger partial charge >= 0.3 is 0 Å². The van der Waals surface area contributed by atoms with Gasteiger partial charge in [-0.1, -0.05) is 12.1 Å². The van der Waals surface area contributed by atoms with Gasteiger partial charge < -0.3 is 10.0 Å². The van der Waals surface area contributed by atoms with Crippen molar-refractivity contribution in [2.45, 2.75) is 6.92 Å². The second-order valence-electron chi connectivity index (χ2n) is 4.17. The summed E-state index contributed by atoms with van der Waals surface area (Å²) >= 11 is 3.07. The summed E-state index contributed by atoms with van der Waals surface area (Å²) in [4.78, 5) is 13.9. The monoisotopic (exact) mass is 337 g/mol. The number of amides is 1. The standard InChI is InChI=1S/C15H13BrFNO2/c1-2-18(10-5-3-6-11(19)9-10)15(20)12-7-4-8-13(16)14(12)17/h3-9,19H,2H2,1H3. The normalized spacial score (nSPS) is 10.3. The van der Waals surface area contributed by atoms with E-state index in [0.717, 1.165) is 0 Å². The maximum atomic E-state index is 14.0. The Morgan fingerprint density at radius 2 is 2.00 bits per heavy atom. The Balaban J connectivity index is 2.42. The van der Waals surface area contributed by atoms with Crippen LogP contribution in [0.5, 0.6) is 5.75 Å².